The molecule has 0 aromatic heterocycles. The quantitative estimate of drug-likeness (QED) is 0.671. The second-order valence-electron chi connectivity index (χ2n) is 5.13. The Morgan fingerprint density at radius 3 is 2.42 bits per heavy atom. The summed E-state index contributed by atoms with van der Waals surface area (Å²) in [5, 5.41) is 9.51. The second-order valence-corrected chi connectivity index (χ2v) is 5.13. The van der Waals surface area contributed by atoms with Gasteiger partial charge in [-0.05, 0) is 42.4 Å². The van der Waals surface area contributed by atoms with Crippen LogP contribution in [0, 0.1) is 23.2 Å². The molecule has 12 heavy (non-hydrogen) atoms. The van der Waals surface area contributed by atoms with Gasteiger partial charge in [-0.15, -0.1) is 0 Å². The van der Waals surface area contributed by atoms with E-state index in [4.69, 9.17) is 0 Å². The normalized spacial score (nSPS) is 46.0. The lowest BCUT2D eigenvalue weighted by Gasteiger charge is -2.39. The fourth-order valence-electron chi connectivity index (χ4n) is 3.57. The van der Waals surface area contributed by atoms with E-state index in [0.717, 1.165) is 11.8 Å². The van der Waals surface area contributed by atoms with Crippen LogP contribution in [0.5, 0.6) is 0 Å². The fourth-order valence-corrected chi connectivity index (χ4v) is 3.57. The second kappa shape index (κ2) is 2.73. The minimum absolute atomic E-state index is 0.308. The van der Waals surface area contributed by atoms with Crippen molar-refractivity contribution < 1.29 is 5.11 Å². The lowest BCUT2D eigenvalue weighted by atomic mass is 9.66. The van der Waals surface area contributed by atoms with Crippen molar-refractivity contribution in [2.75, 3.05) is 6.61 Å². The number of hydrogen-bond acceptors (Lipinski definition) is 1. The molecular weight excluding hydrogens is 148 g/mol. The Kier molecular flexibility index (Phi) is 1.95. The maximum atomic E-state index is 9.51. The fraction of sp³-hybridized carbons (Fsp3) is 1.00. The molecule has 2 bridgehead atoms. The summed E-state index contributed by atoms with van der Waals surface area (Å²) < 4.78 is 0. The van der Waals surface area contributed by atoms with Gasteiger partial charge in [0, 0.05) is 6.61 Å². The molecule has 0 amide bonds. The summed E-state index contributed by atoms with van der Waals surface area (Å²) in [6.45, 7) is 4.97. The molecule has 3 atom stereocenters. The largest absolute Gasteiger partial charge is 0.396 e. The predicted molar refractivity (Wildman–Crippen MR) is 49.8 cm³/mol. The van der Waals surface area contributed by atoms with E-state index in [1.54, 1.807) is 0 Å². The summed E-state index contributed by atoms with van der Waals surface area (Å²) in [6.07, 6.45) is 5.51. The highest BCUT2D eigenvalue weighted by molar-refractivity contribution is 5.01. The topological polar surface area (TPSA) is 20.2 Å². The number of fused-ring (bicyclic) bond motifs is 2. The highest BCUT2D eigenvalue weighted by Gasteiger charge is 2.51. The third-order valence-corrected chi connectivity index (χ3v) is 4.47. The highest BCUT2D eigenvalue weighted by atomic mass is 16.3. The number of aliphatic hydroxyl groups excluding tert-OH is 1. The van der Waals surface area contributed by atoms with Gasteiger partial charge in [0.2, 0.25) is 0 Å². The van der Waals surface area contributed by atoms with Crippen molar-refractivity contribution in [1.29, 1.82) is 0 Å². The van der Waals surface area contributed by atoms with E-state index in [1.165, 1.54) is 25.7 Å². The van der Waals surface area contributed by atoms with E-state index in [-0.39, 0.29) is 0 Å². The van der Waals surface area contributed by atoms with Gasteiger partial charge in [-0.25, -0.2) is 0 Å². The Bertz CT molecular complexity index is 176. The van der Waals surface area contributed by atoms with Crippen molar-refractivity contribution in [3.63, 3.8) is 0 Å². The Labute approximate surface area is 75.2 Å². The molecule has 1 nitrogen and oxygen atoms in total. The Hall–Kier alpha value is -0.0400. The molecule has 2 aliphatic rings. The standard InChI is InChI=1S/C11H20O/c1-8(2)11(7-12)6-9-3-4-10(11)5-9/h8-10,12H,3-7H2,1-2H3. The van der Waals surface area contributed by atoms with Crippen LogP contribution < -0.4 is 0 Å². The molecule has 2 fully saturated rings. The van der Waals surface area contributed by atoms with Gasteiger partial charge in [0.25, 0.3) is 0 Å². The molecule has 2 saturated carbocycles. The molecule has 0 saturated heterocycles. The lowest BCUT2D eigenvalue weighted by Crippen LogP contribution is -2.36. The number of hydrogen-bond donors (Lipinski definition) is 1. The van der Waals surface area contributed by atoms with Crippen molar-refractivity contribution >= 4 is 0 Å². The van der Waals surface area contributed by atoms with E-state index in [2.05, 4.69) is 13.8 Å². The Balaban J connectivity index is 2.19. The number of aliphatic hydroxyl groups is 1. The zero-order chi connectivity index (χ0) is 8.77. The molecule has 1 N–H and O–H groups in total. The molecule has 0 aromatic rings. The zero-order valence-corrected chi connectivity index (χ0v) is 8.21. The van der Waals surface area contributed by atoms with Crippen LogP contribution in [0.1, 0.15) is 39.5 Å². The van der Waals surface area contributed by atoms with Gasteiger partial charge in [0.15, 0.2) is 0 Å². The Morgan fingerprint density at radius 2 is 2.17 bits per heavy atom. The molecule has 2 aliphatic carbocycles. The zero-order valence-electron chi connectivity index (χ0n) is 8.21. The first-order chi connectivity index (χ1) is 5.69. The van der Waals surface area contributed by atoms with E-state index in [9.17, 15) is 5.11 Å². The molecule has 0 radical (unpaired) electrons. The van der Waals surface area contributed by atoms with Crippen LogP contribution in [-0.2, 0) is 0 Å². The molecule has 1 heteroatoms. The number of rotatable bonds is 2. The van der Waals surface area contributed by atoms with Crippen molar-refractivity contribution in [3.05, 3.63) is 0 Å². The van der Waals surface area contributed by atoms with Gasteiger partial charge in [-0.1, -0.05) is 20.3 Å². The summed E-state index contributed by atoms with van der Waals surface area (Å²) in [5.74, 6) is 2.45. The van der Waals surface area contributed by atoms with E-state index in [0.29, 0.717) is 17.9 Å². The van der Waals surface area contributed by atoms with Gasteiger partial charge >= 0.3 is 0 Å². The smallest absolute Gasteiger partial charge is 0.0492 e. The van der Waals surface area contributed by atoms with Crippen LogP contribution in [0.3, 0.4) is 0 Å². The van der Waals surface area contributed by atoms with E-state index < -0.39 is 0 Å². The molecule has 0 heterocycles. The van der Waals surface area contributed by atoms with Crippen molar-refractivity contribution in [2.45, 2.75) is 39.5 Å². The first kappa shape index (κ1) is 8.55. The van der Waals surface area contributed by atoms with Crippen LogP contribution in [-0.4, -0.2) is 11.7 Å². The van der Waals surface area contributed by atoms with Gasteiger partial charge in [0.1, 0.15) is 0 Å². The van der Waals surface area contributed by atoms with Crippen molar-refractivity contribution in [1.82, 2.24) is 0 Å². The summed E-state index contributed by atoms with van der Waals surface area (Å²) >= 11 is 0. The molecule has 0 aromatic carbocycles. The minimum atomic E-state index is 0.308. The monoisotopic (exact) mass is 168 g/mol. The average molecular weight is 168 g/mol. The third kappa shape index (κ3) is 0.953. The van der Waals surface area contributed by atoms with E-state index in [1.807, 2.05) is 0 Å². The maximum Gasteiger partial charge on any atom is 0.0492 e. The molecule has 0 aliphatic heterocycles. The van der Waals surface area contributed by atoms with Gasteiger partial charge in [0.05, 0.1) is 0 Å². The average Bonchev–Trinajstić information content (AvgIpc) is 2.62. The summed E-state index contributed by atoms with van der Waals surface area (Å²) in [7, 11) is 0. The lowest BCUT2D eigenvalue weighted by molar-refractivity contribution is 0.0207. The minimum Gasteiger partial charge on any atom is -0.396 e. The van der Waals surface area contributed by atoms with E-state index >= 15 is 0 Å². The van der Waals surface area contributed by atoms with Crippen molar-refractivity contribution in [3.8, 4) is 0 Å². The van der Waals surface area contributed by atoms with Crippen LogP contribution >= 0.6 is 0 Å². The molecule has 70 valence electrons. The van der Waals surface area contributed by atoms with Crippen LogP contribution in [0.15, 0.2) is 0 Å². The van der Waals surface area contributed by atoms with Gasteiger partial charge in [-0.2, -0.15) is 0 Å². The van der Waals surface area contributed by atoms with Crippen LogP contribution in [0.2, 0.25) is 0 Å². The van der Waals surface area contributed by atoms with Crippen molar-refractivity contribution in [2.24, 2.45) is 23.2 Å². The molecule has 3 unspecified atom stereocenters. The van der Waals surface area contributed by atoms with Crippen LogP contribution in [0.4, 0.5) is 0 Å². The molecule has 0 spiro atoms. The third-order valence-electron chi connectivity index (χ3n) is 4.47. The molecule has 2 rings (SSSR count). The maximum absolute atomic E-state index is 9.51. The highest BCUT2D eigenvalue weighted by Crippen LogP contribution is 2.58. The van der Waals surface area contributed by atoms with Gasteiger partial charge < -0.3 is 5.11 Å². The summed E-state index contributed by atoms with van der Waals surface area (Å²) in [6, 6.07) is 0. The first-order valence-corrected chi connectivity index (χ1v) is 5.30. The SMILES string of the molecule is CC(C)C1(CO)CC2CCC1C2. The van der Waals surface area contributed by atoms with Crippen LogP contribution in [0.25, 0.3) is 0 Å². The summed E-state index contributed by atoms with van der Waals surface area (Å²) in [4.78, 5) is 0. The Morgan fingerprint density at radius 1 is 1.42 bits per heavy atom. The predicted octanol–water partition coefficient (Wildman–Crippen LogP) is 2.44. The molecular formula is C11H20O. The van der Waals surface area contributed by atoms with Gasteiger partial charge in [-0.3, -0.25) is 0 Å². The summed E-state index contributed by atoms with van der Waals surface area (Å²) in [5.41, 5.74) is 0.308. The first-order valence-electron chi connectivity index (χ1n) is 5.30.